The van der Waals surface area contributed by atoms with Crippen molar-refractivity contribution in [1.82, 2.24) is 4.90 Å². The highest BCUT2D eigenvalue weighted by atomic mass is 79.9. The first-order chi connectivity index (χ1) is 13.4. The van der Waals surface area contributed by atoms with Gasteiger partial charge in [0.2, 0.25) is 5.91 Å². The Morgan fingerprint density at radius 3 is 2.71 bits per heavy atom. The quantitative estimate of drug-likeness (QED) is 0.457. The molecule has 2 aromatic carbocycles. The number of nitrogens with one attached hydrogen (secondary N) is 1. The number of nitrogens with zero attached hydrogens (tertiary/aromatic N) is 1. The van der Waals surface area contributed by atoms with Crippen LogP contribution in [0.5, 0.6) is 0 Å². The summed E-state index contributed by atoms with van der Waals surface area (Å²) in [5, 5.41) is 2.64. The molecule has 3 rings (SSSR count). The van der Waals surface area contributed by atoms with Gasteiger partial charge in [-0.3, -0.25) is 14.5 Å². The first-order valence-corrected chi connectivity index (χ1v) is 10.5. The van der Waals surface area contributed by atoms with Crippen LogP contribution in [0.3, 0.4) is 0 Å². The number of benzene rings is 2. The average molecular weight is 479 g/mol. The van der Waals surface area contributed by atoms with Crippen LogP contribution in [0.4, 0.5) is 10.1 Å². The Morgan fingerprint density at radius 1 is 1.25 bits per heavy atom. The summed E-state index contributed by atoms with van der Waals surface area (Å²) < 4.78 is 14.6. The molecule has 8 heteroatoms. The number of carbonyl (C=O) groups is 2. The third kappa shape index (κ3) is 5.50. The zero-order valence-corrected chi connectivity index (χ0v) is 17.9. The fraction of sp³-hybridized carbons (Fsp3) is 0.150. The fourth-order valence-electron chi connectivity index (χ4n) is 2.59. The van der Waals surface area contributed by atoms with E-state index in [0.717, 1.165) is 10.0 Å². The Kier molecular flexibility index (Phi) is 6.98. The van der Waals surface area contributed by atoms with Crippen LogP contribution in [0.25, 0.3) is 6.08 Å². The van der Waals surface area contributed by atoms with Crippen molar-refractivity contribution in [2.45, 2.75) is 12.8 Å². The highest BCUT2D eigenvalue weighted by molar-refractivity contribution is 9.10. The van der Waals surface area contributed by atoms with Crippen molar-refractivity contribution in [2.75, 3.05) is 11.9 Å². The molecule has 0 spiro atoms. The smallest absolute Gasteiger partial charge is 0.266 e. The third-order valence-corrected chi connectivity index (χ3v) is 5.84. The van der Waals surface area contributed by atoms with Crippen LogP contribution in [0.15, 0.2) is 57.9 Å². The lowest BCUT2D eigenvalue weighted by Gasteiger charge is -2.14. The fourth-order valence-corrected chi connectivity index (χ4v) is 4.16. The Bertz CT molecular complexity index is 947. The van der Waals surface area contributed by atoms with E-state index < -0.39 is 5.82 Å². The summed E-state index contributed by atoms with van der Waals surface area (Å²) in [5.74, 6) is -0.794. The van der Waals surface area contributed by atoms with E-state index in [4.69, 9.17) is 12.2 Å². The lowest BCUT2D eigenvalue weighted by Crippen LogP contribution is -2.29. The van der Waals surface area contributed by atoms with Gasteiger partial charge in [0.05, 0.1) is 4.91 Å². The van der Waals surface area contributed by atoms with Gasteiger partial charge in [0.25, 0.3) is 5.91 Å². The lowest BCUT2D eigenvalue weighted by molar-refractivity contribution is -0.122. The van der Waals surface area contributed by atoms with E-state index in [2.05, 4.69) is 21.2 Å². The maximum atomic E-state index is 13.2. The van der Waals surface area contributed by atoms with Crippen LogP contribution in [-0.4, -0.2) is 27.6 Å². The molecular weight excluding hydrogens is 463 g/mol. The van der Waals surface area contributed by atoms with Crippen molar-refractivity contribution < 1.29 is 14.0 Å². The topological polar surface area (TPSA) is 49.4 Å². The van der Waals surface area contributed by atoms with Crippen LogP contribution in [-0.2, 0) is 9.59 Å². The van der Waals surface area contributed by atoms with E-state index in [1.54, 1.807) is 6.07 Å². The van der Waals surface area contributed by atoms with Crippen molar-refractivity contribution in [2.24, 2.45) is 0 Å². The molecule has 2 amide bonds. The maximum absolute atomic E-state index is 13.2. The van der Waals surface area contributed by atoms with Gasteiger partial charge in [0.15, 0.2) is 0 Å². The zero-order valence-electron chi connectivity index (χ0n) is 14.7. The number of carbonyl (C=O) groups excluding carboxylic acids is 2. The summed E-state index contributed by atoms with van der Waals surface area (Å²) in [7, 11) is 0. The van der Waals surface area contributed by atoms with E-state index in [1.807, 2.05) is 30.3 Å². The first kappa shape index (κ1) is 20.7. The van der Waals surface area contributed by atoms with Gasteiger partial charge in [-0.1, -0.05) is 58.1 Å². The number of amides is 2. The van der Waals surface area contributed by atoms with Crippen molar-refractivity contribution in [3.8, 4) is 0 Å². The highest BCUT2D eigenvalue weighted by Gasteiger charge is 2.31. The van der Waals surface area contributed by atoms with Gasteiger partial charge >= 0.3 is 0 Å². The Balaban J connectivity index is 1.53. The molecule has 0 radical (unpaired) electrons. The second kappa shape index (κ2) is 9.45. The monoisotopic (exact) mass is 478 g/mol. The molecular formula is C20H16BrFN2O2S2. The van der Waals surface area contributed by atoms with Gasteiger partial charge < -0.3 is 5.32 Å². The lowest BCUT2D eigenvalue weighted by atomic mass is 10.2. The van der Waals surface area contributed by atoms with Gasteiger partial charge in [-0.25, -0.2) is 4.39 Å². The summed E-state index contributed by atoms with van der Waals surface area (Å²) in [4.78, 5) is 26.7. The molecule has 0 bridgehead atoms. The predicted octanol–water partition coefficient (Wildman–Crippen LogP) is 5.21. The number of hydrogen-bond acceptors (Lipinski definition) is 4. The van der Waals surface area contributed by atoms with Crippen LogP contribution < -0.4 is 5.32 Å². The maximum Gasteiger partial charge on any atom is 0.266 e. The number of thiocarbonyl (C=S) groups is 1. The number of thioether (sulfide) groups is 1. The Morgan fingerprint density at radius 2 is 2.00 bits per heavy atom. The molecule has 1 N–H and O–H groups in total. The molecule has 4 nitrogen and oxygen atoms in total. The number of anilines is 1. The van der Waals surface area contributed by atoms with Crippen LogP contribution >= 0.6 is 39.9 Å². The molecule has 1 aliphatic heterocycles. The molecule has 1 heterocycles. The largest absolute Gasteiger partial charge is 0.326 e. The van der Waals surface area contributed by atoms with Crippen LogP contribution in [0.2, 0.25) is 0 Å². The SMILES string of the molecule is O=C(CCCN1C(=O)/C(=C\c2ccc(Br)cc2)SC1=S)Nc1cccc(F)c1. The van der Waals surface area contributed by atoms with E-state index in [9.17, 15) is 14.0 Å². The van der Waals surface area contributed by atoms with E-state index in [-0.39, 0.29) is 18.2 Å². The highest BCUT2D eigenvalue weighted by Crippen LogP contribution is 2.32. The zero-order chi connectivity index (χ0) is 20.1. The molecule has 1 saturated heterocycles. The van der Waals surface area contributed by atoms with Crippen molar-refractivity contribution in [3.05, 3.63) is 69.3 Å². The molecule has 0 atom stereocenters. The predicted molar refractivity (Wildman–Crippen MR) is 118 cm³/mol. The summed E-state index contributed by atoms with van der Waals surface area (Å²) in [5.41, 5.74) is 1.33. The van der Waals surface area contributed by atoms with E-state index in [1.165, 1.54) is 34.9 Å². The standard InChI is InChI=1S/C20H16BrFN2O2S2/c21-14-8-6-13(7-9-14)11-17-19(26)24(20(27)28-17)10-2-5-18(25)23-16-4-1-3-15(22)12-16/h1,3-4,6-9,11-12H,2,5,10H2,(H,23,25)/b17-11+. The number of halogens is 2. The summed E-state index contributed by atoms with van der Waals surface area (Å²) in [6.07, 6.45) is 2.47. The Labute approximate surface area is 180 Å². The summed E-state index contributed by atoms with van der Waals surface area (Å²) in [6.45, 7) is 0.360. The molecule has 2 aromatic rings. The van der Waals surface area contributed by atoms with Gasteiger partial charge in [-0.05, 0) is 48.4 Å². The van der Waals surface area contributed by atoms with Crippen LogP contribution in [0.1, 0.15) is 18.4 Å². The van der Waals surface area contributed by atoms with Gasteiger partial charge in [-0.15, -0.1) is 0 Å². The van der Waals surface area contributed by atoms with E-state index in [0.29, 0.717) is 27.9 Å². The molecule has 28 heavy (non-hydrogen) atoms. The Hall–Kier alpha value is -2.03. The molecule has 0 aromatic heterocycles. The third-order valence-electron chi connectivity index (χ3n) is 3.94. The van der Waals surface area contributed by atoms with Gasteiger partial charge in [-0.2, -0.15) is 0 Å². The normalized spacial score (nSPS) is 15.4. The van der Waals surface area contributed by atoms with Gasteiger partial charge in [0.1, 0.15) is 10.1 Å². The summed E-state index contributed by atoms with van der Waals surface area (Å²) >= 11 is 9.95. The second-order valence-electron chi connectivity index (χ2n) is 6.05. The first-order valence-electron chi connectivity index (χ1n) is 8.49. The summed E-state index contributed by atoms with van der Waals surface area (Å²) in [6, 6.07) is 13.4. The van der Waals surface area contributed by atoms with Crippen molar-refractivity contribution >= 4 is 67.8 Å². The second-order valence-corrected chi connectivity index (χ2v) is 8.64. The molecule has 144 valence electrons. The molecule has 1 fully saturated rings. The number of hydrogen-bond donors (Lipinski definition) is 1. The molecule has 0 aliphatic carbocycles. The minimum Gasteiger partial charge on any atom is -0.326 e. The molecule has 0 unspecified atom stereocenters. The molecule has 0 saturated carbocycles. The van der Waals surface area contributed by atoms with Crippen molar-refractivity contribution in [3.63, 3.8) is 0 Å². The minimum absolute atomic E-state index is 0.150. The molecule has 1 aliphatic rings. The van der Waals surface area contributed by atoms with Gasteiger partial charge in [0, 0.05) is 23.1 Å². The van der Waals surface area contributed by atoms with E-state index >= 15 is 0 Å². The van der Waals surface area contributed by atoms with Crippen molar-refractivity contribution in [1.29, 1.82) is 0 Å². The average Bonchev–Trinajstić information content (AvgIpc) is 2.91. The minimum atomic E-state index is -0.409. The number of rotatable bonds is 6. The van der Waals surface area contributed by atoms with Crippen LogP contribution in [0, 0.1) is 5.82 Å².